The molecule has 0 aliphatic carbocycles. The summed E-state index contributed by atoms with van der Waals surface area (Å²) in [7, 11) is 1.02. The third-order valence-corrected chi connectivity index (χ3v) is 4.41. The molecule has 0 saturated carbocycles. The lowest BCUT2D eigenvalue weighted by Crippen LogP contribution is -2.14. The zero-order valence-corrected chi connectivity index (χ0v) is 13.1. The standard InChI is InChI=1S/C11H13BrClFO3S/c1-3-7(4-2)17-10-6-9(14)11(5-8(10)12)18(13,15)16/h5-7H,3-4H2,1-2H3. The first kappa shape index (κ1) is 15.7. The molecule has 102 valence electrons. The molecule has 0 bridgehead atoms. The second kappa shape index (κ2) is 6.21. The van der Waals surface area contributed by atoms with Gasteiger partial charge in [-0.15, -0.1) is 0 Å². The number of hydrogen-bond acceptors (Lipinski definition) is 3. The average molecular weight is 360 g/mol. The predicted octanol–water partition coefficient (Wildman–Crippen LogP) is 4.08. The van der Waals surface area contributed by atoms with Gasteiger partial charge in [-0.3, -0.25) is 0 Å². The number of rotatable bonds is 5. The first-order valence-corrected chi connectivity index (χ1v) is 8.50. The Bertz CT molecular complexity index is 529. The summed E-state index contributed by atoms with van der Waals surface area (Å²) in [6, 6.07) is 2.13. The SMILES string of the molecule is CCC(CC)Oc1cc(F)c(S(=O)(=O)Cl)cc1Br. The topological polar surface area (TPSA) is 43.4 Å². The van der Waals surface area contributed by atoms with E-state index < -0.39 is 19.8 Å². The van der Waals surface area contributed by atoms with Gasteiger partial charge in [0, 0.05) is 16.7 Å². The van der Waals surface area contributed by atoms with Crippen molar-refractivity contribution in [3.8, 4) is 5.75 Å². The summed E-state index contributed by atoms with van der Waals surface area (Å²) in [5.74, 6) is -0.653. The van der Waals surface area contributed by atoms with Crippen molar-refractivity contribution in [2.45, 2.75) is 37.7 Å². The molecule has 18 heavy (non-hydrogen) atoms. The van der Waals surface area contributed by atoms with Gasteiger partial charge in [-0.05, 0) is 34.8 Å². The Kier molecular flexibility index (Phi) is 5.43. The molecule has 1 rings (SSSR count). The third-order valence-electron chi connectivity index (χ3n) is 2.45. The molecule has 0 heterocycles. The fourth-order valence-corrected chi connectivity index (χ4v) is 2.92. The fourth-order valence-electron chi connectivity index (χ4n) is 1.42. The largest absolute Gasteiger partial charge is 0.489 e. The molecule has 1 aromatic carbocycles. The number of ether oxygens (including phenoxy) is 1. The Morgan fingerprint density at radius 2 is 1.94 bits per heavy atom. The van der Waals surface area contributed by atoms with Crippen molar-refractivity contribution in [2.24, 2.45) is 0 Å². The number of hydrogen-bond donors (Lipinski definition) is 0. The highest BCUT2D eigenvalue weighted by Gasteiger charge is 2.20. The van der Waals surface area contributed by atoms with Crippen molar-refractivity contribution in [1.29, 1.82) is 0 Å². The van der Waals surface area contributed by atoms with Crippen LogP contribution in [0.25, 0.3) is 0 Å². The molecule has 0 aromatic heterocycles. The van der Waals surface area contributed by atoms with Crippen LogP contribution < -0.4 is 4.74 Å². The van der Waals surface area contributed by atoms with Gasteiger partial charge in [-0.25, -0.2) is 12.8 Å². The maximum absolute atomic E-state index is 13.6. The molecular weight excluding hydrogens is 347 g/mol. The molecule has 3 nitrogen and oxygen atoms in total. The molecular formula is C11H13BrClFO3S. The summed E-state index contributed by atoms with van der Waals surface area (Å²) >= 11 is 3.15. The first-order chi connectivity index (χ1) is 8.29. The van der Waals surface area contributed by atoms with E-state index in [1.54, 1.807) is 0 Å². The molecule has 0 saturated heterocycles. The van der Waals surface area contributed by atoms with Crippen molar-refractivity contribution in [3.05, 3.63) is 22.4 Å². The highest BCUT2D eigenvalue weighted by molar-refractivity contribution is 9.10. The lowest BCUT2D eigenvalue weighted by Gasteiger charge is -2.17. The van der Waals surface area contributed by atoms with E-state index in [0.717, 1.165) is 25.0 Å². The van der Waals surface area contributed by atoms with Gasteiger partial charge in [-0.2, -0.15) is 0 Å². The molecule has 0 unspecified atom stereocenters. The Balaban J connectivity index is 3.15. The summed E-state index contributed by atoms with van der Waals surface area (Å²) in [5, 5.41) is 0. The van der Waals surface area contributed by atoms with E-state index in [2.05, 4.69) is 15.9 Å². The Morgan fingerprint density at radius 3 is 2.39 bits per heavy atom. The van der Waals surface area contributed by atoms with Crippen molar-refractivity contribution >= 4 is 35.7 Å². The summed E-state index contributed by atoms with van der Waals surface area (Å²) in [5.41, 5.74) is 0. The molecule has 0 aliphatic heterocycles. The molecule has 0 amide bonds. The van der Waals surface area contributed by atoms with Crippen molar-refractivity contribution in [3.63, 3.8) is 0 Å². The van der Waals surface area contributed by atoms with Crippen LogP contribution in [0.1, 0.15) is 26.7 Å². The van der Waals surface area contributed by atoms with Crippen LogP contribution in [-0.4, -0.2) is 14.5 Å². The lowest BCUT2D eigenvalue weighted by molar-refractivity contribution is 0.190. The quantitative estimate of drug-likeness (QED) is 0.744. The predicted molar refractivity (Wildman–Crippen MR) is 72.1 cm³/mol. The van der Waals surface area contributed by atoms with Crippen LogP contribution in [0.5, 0.6) is 5.75 Å². The molecule has 0 atom stereocenters. The maximum atomic E-state index is 13.6. The zero-order chi connectivity index (χ0) is 13.9. The van der Waals surface area contributed by atoms with Crippen molar-refractivity contribution < 1.29 is 17.5 Å². The van der Waals surface area contributed by atoms with Crippen LogP contribution >= 0.6 is 26.6 Å². The molecule has 0 aliphatic rings. The van der Waals surface area contributed by atoms with Crippen molar-refractivity contribution in [2.75, 3.05) is 0 Å². The van der Waals surface area contributed by atoms with Crippen LogP contribution in [0.15, 0.2) is 21.5 Å². The van der Waals surface area contributed by atoms with Crippen LogP contribution in [-0.2, 0) is 9.05 Å². The van der Waals surface area contributed by atoms with Gasteiger partial charge in [0.2, 0.25) is 0 Å². The molecule has 0 radical (unpaired) electrons. The third kappa shape index (κ3) is 3.83. The molecule has 1 aromatic rings. The molecule has 7 heteroatoms. The number of benzene rings is 1. The van der Waals surface area contributed by atoms with E-state index in [9.17, 15) is 12.8 Å². The number of halogens is 3. The van der Waals surface area contributed by atoms with E-state index in [0.29, 0.717) is 4.47 Å². The van der Waals surface area contributed by atoms with Gasteiger partial charge in [0.15, 0.2) is 0 Å². The van der Waals surface area contributed by atoms with Gasteiger partial charge in [0.25, 0.3) is 9.05 Å². The summed E-state index contributed by atoms with van der Waals surface area (Å²) in [4.78, 5) is -0.562. The van der Waals surface area contributed by atoms with Gasteiger partial charge in [0.05, 0.1) is 10.6 Å². The highest BCUT2D eigenvalue weighted by atomic mass is 79.9. The van der Waals surface area contributed by atoms with Crippen LogP contribution in [0.3, 0.4) is 0 Å². The van der Waals surface area contributed by atoms with E-state index in [1.165, 1.54) is 0 Å². The second-order valence-corrected chi connectivity index (χ2v) is 7.10. The second-order valence-electron chi connectivity index (χ2n) is 3.71. The summed E-state index contributed by atoms with van der Waals surface area (Å²) < 4.78 is 41.8. The Hall–Kier alpha value is -0.330. The minimum atomic E-state index is -4.10. The lowest BCUT2D eigenvalue weighted by atomic mass is 10.2. The van der Waals surface area contributed by atoms with Crippen molar-refractivity contribution in [1.82, 2.24) is 0 Å². The maximum Gasteiger partial charge on any atom is 0.264 e. The van der Waals surface area contributed by atoms with Gasteiger partial charge >= 0.3 is 0 Å². The van der Waals surface area contributed by atoms with E-state index in [-0.39, 0.29) is 11.9 Å². The molecule has 0 spiro atoms. The zero-order valence-electron chi connectivity index (χ0n) is 9.91. The monoisotopic (exact) mass is 358 g/mol. The Morgan fingerprint density at radius 1 is 1.39 bits per heavy atom. The smallest absolute Gasteiger partial charge is 0.264 e. The van der Waals surface area contributed by atoms with Crippen LogP contribution in [0, 0.1) is 5.82 Å². The summed E-state index contributed by atoms with van der Waals surface area (Å²) in [6.45, 7) is 3.91. The normalized spacial score (nSPS) is 11.9. The average Bonchev–Trinajstić information content (AvgIpc) is 2.28. The van der Waals surface area contributed by atoms with Gasteiger partial charge < -0.3 is 4.74 Å². The van der Waals surface area contributed by atoms with E-state index in [1.807, 2.05) is 13.8 Å². The van der Waals surface area contributed by atoms with E-state index in [4.69, 9.17) is 15.4 Å². The van der Waals surface area contributed by atoms with Gasteiger partial charge in [0.1, 0.15) is 16.5 Å². The fraction of sp³-hybridized carbons (Fsp3) is 0.455. The van der Waals surface area contributed by atoms with Crippen LogP contribution in [0.4, 0.5) is 4.39 Å². The minimum absolute atomic E-state index is 0.0424. The van der Waals surface area contributed by atoms with Crippen LogP contribution in [0.2, 0.25) is 0 Å². The Labute approximate surface area is 119 Å². The van der Waals surface area contributed by atoms with Gasteiger partial charge in [-0.1, -0.05) is 13.8 Å². The molecule has 0 N–H and O–H groups in total. The summed E-state index contributed by atoms with van der Waals surface area (Å²) in [6.07, 6.45) is 1.51. The first-order valence-electron chi connectivity index (χ1n) is 5.39. The molecule has 0 fully saturated rings. The highest BCUT2D eigenvalue weighted by Crippen LogP contribution is 2.32. The minimum Gasteiger partial charge on any atom is -0.489 e. The van der Waals surface area contributed by atoms with E-state index >= 15 is 0 Å².